The maximum absolute atomic E-state index is 10.4. The molecule has 2 heteroatoms. The topological polar surface area (TPSA) is 17.1 Å². The zero-order valence-corrected chi connectivity index (χ0v) is 5.83. The fourth-order valence-electron chi connectivity index (χ4n) is 0.855. The Kier molecular flexibility index (Phi) is 1.12. The van der Waals surface area contributed by atoms with Gasteiger partial charge >= 0.3 is 0 Å². The number of halogens is 1. The maximum atomic E-state index is 10.4. The van der Waals surface area contributed by atoms with Gasteiger partial charge in [0.05, 0.1) is 0 Å². The summed E-state index contributed by atoms with van der Waals surface area (Å²) >= 11 is 5.22. The molecule has 1 aliphatic carbocycles. The van der Waals surface area contributed by atoms with Crippen LogP contribution in [0.2, 0.25) is 0 Å². The lowest BCUT2D eigenvalue weighted by Gasteiger charge is -1.94. The second-order valence-corrected chi connectivity index (χ2v) is 3.42. The van der Waals surface area contributed by atoms with Crippen LogP contribution >= 0.6 is 11.6 Å². The molecular weight excluding hydrogens is 124 g/mol. The van der Waals surface area contributed by atoms with Gasteiger partial charge in [0.1, 0.15) is 0 Å². The predicted octanol–water partition coefficient (Wildman–Crippen LogP) is 1.80. The molecule has 0 bridgehead atoms. The summed E-state index contributed by atoms with van der Waals surface area (Å²) in [5, 5.41) is -0.171. The Morgan fingerprint density at radius 2 is 2.12 bits per heavy atom. The van der Waals surface area contributed by atoms with Crippen LogP contribution in [0.4, 0.5) is 0 Å². The van der Waals surface area contributed by atoms with Crippen LogP contribution in [0.3, 0.4) is 0 Å². The molecule has 1 aliphatic rings. The lowest BCUT2D eigenvalue weighted by atomic mass is 10.1. The first-order valence-electron chi connectivity index (χ1n) is 2.73. The third-order valence-corrected chi connectivity index (χ3v) is 2.05. The zero-order valence-electron chi connectivity index (χ0n) is 5.07. The first kappa shape index (κ1) is 6.09. The summed E-state index contributed by atoms with van der Waals surface area (Å²) in [6.45, 7) is 4.11. The summed E-state index contributed by atoms with van der Waals surface area (Å²) in [4.78, 5) is 10.4. The largest absolute Gasteiger partial charge is 0.281 e. The van der Waals surface area contributed by atoms with Crippen LogP contribution in [-0.2, 0) is 4.79 Å². The van der Waals surface area contributed by atoms with E-state index in [0.29, 0.717) is 0 Å². The molecule has 46 valence electrons. The van der Waals surface area contributed by atoms with Gasteiger partial charge in [-0.05, 0) is 23.4 Å². The second kappa shape index (κ2) is 1.47. The van der Waals surface area contributed by atoms with Crippen LogP contribution in [0.15, 0.2) is 0 Å². The van der Waals surface area contributed by atoms with Crippen LogP contribution in [0.1, 0.15) is 20.3 Å². The minimum absolute atomic E-state index is 0.143. The molecule has 0 saturated heterocycles. The third-order valence-electron chi connectivity index (χ3n) is 1.79. The molecule has 0 aromatic rings. The lowest BCUT2D eigenvalue weighted by molar-refractivity contribution is -0.113. The van der Waals surface area contributed by atoms with E-state index in [0.717, 1.165) is 6.42 Å². The van der Waals surface area contributed by atoms with Crippen molar-refractivity contribution in [1.29, 1.82) is 0 Å². The smallest absolute Gasteiger partial charge is 0.225 e. The number of hydrogen-bond donors (Lipinski definition) is 0. The van der Waals surface area contributed by atoms with Gasteiger partial charge in [-0.25, -0.2) is 0 Å². The number of carbonyl (C=O) groups is 1. The van der Waals surface area contributed by atoms with Crippen molar-refractivity contribution in [3.8, 4) is 0 Å². The second-order valence-electron chi connectivity index (χ2n) is 3.05. The highest BCUT2D eigenvalue weighted by Gasteiger charge is 2.49. The lowest BCUT2D eigenvalue weighted by Crippen LogP contribution is -1.96. The highest BCUT2D eigenvalue weighted by Crippen LogP contribution is 2.52. The van der Waals surface area contributed by atoms with Crippen LogP contribution in [0.5, 0.6) is 0 Å². The van der Waals surface area contributed by atoms with Gasteiger partial charge in [0.25, 0.3) is 0 Å². The molecule has 0 spiro atoms. The minimum Gasteiger partial charge on any atom is -0.281 e. The Balaban J connectivity index is 2.48. The van der Waals surface area contributed by atoms with Crippen molar-refractivity contribution in [1.82, 2.24) is 0 Å². The van der Waals surface area contributed by atoms with Gasteiger partial charge in [0.15, 0.2) is 0 Å². The van der Waals surface area contributed by atoms with Crippen LogP contribution in [-0.4, -0.2) is 5.24 Å². The van der Waals surface area contributed by atoms with Crippen molar-refractivity contribution in [3.63, 3.8) is 0 Å². The van der Waals surface area contributed by atoms with E-state index in [1.807, 2.05) is 0 Å². The Morgan fingerprint density at radius 1 is 1.75 bits per heavy atom. The van der Waals surface area contributed by atoms with E-state index in [2.05, 4.69) is 13.8 Å². The van der Waals surface area contributed by atoms with E-state index < -0.39 is 0 Å². The first-order chi connectivity index (χ1) is 3.54. The Hall–Kier alpha value is -0.0400. The van der Waals surface area contributed by atoms with Gasteiger partial charge in [-0.2, -0.15) is 0 Å². The molecule has 1 rings (SSSR count). The van der Waals surface area contributed by atoms with Gasteiger partial charge in [0.2, 0.25) is 5.24 Å². The Morgan fingerprint density at radius 3 is 2.12 bits per heavy atom. The predicted molar refractivity (Wildman–Crippen MR) is 32.7 cm³/mol. The van der Waals surface area contributed by atoms with Crippen molar-refractivity contribution in [2.45, 2.75) is 20.3 Å². The van der Waals surface area contributed by atoms with Crippen LogP contribution < -0.4 is 0 Å². The SMILES string of the molecule is CC1(C)C[C@H]1C(=O)Cl. The summed E-state index contributed by atoms with van der Waals surface area (Å²) in [6, 6.07) is 0. The highest BCUT2D eigenvalue weighted by molar-refractivity contribution is 6.64. The molecule has 1 atom stereocenters. The molecule has 8 heavy (non-hydrogen) atoms. The average Bonchev–Trinajstić information content (AvgIpc) is 2.13. The van der Waals surface area contributed by atoms with Gasteiger partial charge in [0, 0.05) is 5.92 Å². The fourth-order valence-corrected chi connectivity index (χ4v) is 1.23. The van der Waals surface area contributed by atoms with E-state index in [1.54, 1.807) is 0 Å². The molecule has 0 heterocycles. The summed E-state index contributed by atoms with van der Waals surface area (Å²) in [6.07, 6.45) is 0.968. The molecule has 1 nitrogen and oxygen atoms in total. The van der Waals surface area contributed by atoms with Gasteiger partial charge in [-0.1, -0.05) is 13.8 Å². The highest BCUT2D eigenvalue weighted by atomic mass is 35.5. The summed E-state index contributed by atoms with van der Waals surface area (Å²) in [7, 11) is 0. The molecule has 0 amide bonds. The monoisotopic (exact) mass is 132 g/mol. The quantitative estimate of drug-likeness (QED) is 0.498. The Labute approximate surface area is 54.0 Å². The molecule has 0 N–H and O–H groups in total. The molecule has 0 unspecified atom stereocenters. The first-order valence-corrected chi connectivity index (χ1v) is 3.11. The number of hydrogen-bond acceptors (Lipinski definition) is 1. The molecule has 0 aromatic carbocycles. The zero-order chi connectivity index (χ0) is 6.36. The molecule has 0 radical (unpaired) electrons. The van der Waals surface area contributed by atoms with Gasteiger partial charge < -0.3 is 0 Å². The van der Waals surface area contributed by atoms with Crippen molar-refractivity contribution in [2.75, 3.05) is 0 Å². The standard InChI is InChI=1S/C6H9ClO/c1-6(2)3-4(6)5(7)8/h4H,3H2,1-2H3/t4-/m0/s1. The van der Waals surface area contributed by atoms with Crippen LogP contribution in [0, 0.1) is 11.3 Å². The van der Waals surface area contributed by atoms with Crippen molar-refractivity contribution in [3.05, 3.63) is 0 Å². The summed E-state index contributed by atoms with van der Waals surface area (Å²) in [5.41, 5.74) is 0.207. The maximum Gasteiger partial charge on any atom is 0.225 e. The van der Waals surface area contributed by atoms with Gasteiger partial charge in [-0.3, -0.25) is 4.79 Å². The molecule has 1 fully saturated rings. The van der Waals surface area contributed by atoms with Crippen LogP contribution in [0.25, 0.3) is 0 Å². The third kappa shape index (κ3) is 0.873. The van der Waals surface area contributed by atoms with Gasteiger partial charge in [-0.15, -0.1) is 0 Å². The van der Waals surface area contributed by atoms with Crippen molar-refractivity contribution >= 4 is 16.8 Å². The summed E-state index contributed by atoms with van der Waals surface area (Å²) in [5.74, 6) is 0.143. The molecular formula is C6H9ClO. The Bertz CT molecular complexity index is 128. The van der Waals surface area contributed by atoms with Crippen molar-refractivity contribution in [2.24, 2.45) is 11.3 Å². The molecule has 0 aromatic heterocycles. The fraction of sp³-hybridized carbons (Fsp3) is 0.833. The molecule has 0 aliphatic heterocycles. The van der Waals surface area contributed by atoms with E-state index in [9.17, 15) is 4.79 Å². The van der Waals surface area contributed by atoms with Crippen molar-refractivity contribution < 1.29 is 4.79 Å². The average molecular weight is 133 g/mol. The minimum atomic E-state index is -0.171. The van der Waals surface area contributed by atoms with E-state index in [1.165, 1.54) is 0 Å². The summed E-state index contributed by atoms with van der Waals surface area (Å²) < 4.78 is 0. The van der Waals surface area contributed by atoms with E-state index >= 15 is 0 Å². The normalized spacial score (nSPS) is 32.1. The van der Waals surface area contributed by atoms with E-state index in [4.69, 9.17) is 11.6 Å². The number of rotatable bonds is 1. The molecule has 1 saturated carbocycles. The van der Waals surface area contributed by atoms with E-state index in [-0.39, 0.29) is 16.6 Å². The number of carbonyl (C=O) groups excluding carboxylic acids is 1.